The molecule has 13 heteroatoms. The molecule has 3 aromatic rings. The highest BCUT2D eigenvalue weighted by molar-refractivity contribution is 6.35. The molecule has 0 radical (unpaired) electrons. The van der Waals surface area contributed by atoms with Crippen molar-refractivity contribution < 1.29 is 22.7 Å². The van der Waals surface area contributed by atoms with Crippen LogP contribution in [0.1, 0.15) is 52.5 Å². The number of fused-ring (bicyclic) bond motifs is 3. The topological polar surface area (TPSA) is 88.8 Å². The Hall–Kier alpha value is -3.31. The normalized spacial score (nSPS) is 27.1. The van der Waals surface area contributed by atoms with Crippen molar-refractivity contribution in [3.63, 3.8) is 0 Å². The molecule has 3 saturated carbocycles. The number of aromatic nitrogens is 2. The molecule has 1 aliphatic heterocycles. The Morgan fingerprint density at radius 1 is 1.15 bits per heavy atom. The Bertz CT molecular complexity index is 1780. The third kappa shape index (κ3) is 6.57. The predicted molar refractivity (Wildman–Crippen MR) is 177 cm³/mol. The molecule has 1 saturated heterocycles. The number of carbonyl (C=O) groups is 1. The van der Waals surface area contributed by atoms with Gasteiger partial charge in [0.15, 0.2) is 5.96 Å². The Kier molecular flexibility index (Phi) is 9.02. The number of hydrogen-bond donors (Lipinski definition) is 1. The number of carbonyl (C=O) groups excluding carboxylic acids is 1. The maximum atomic E-state index is 13.4. The number of ether oxygens (including phenoxy) is 1. The van der Waals surface area contributed by atoms with Crippen LogP contribution in [0.25, 0.3) is 10.9 Å². The summed E-state index contributed by atoms with van der Waals surface area (Å²) in [5.41, 5.74) is 2.05. The second-order valence-electron chi connectivity index (χ2n) is 13.7. The molecule has 2 aromatic carbocycles. The molecule has 0 amide bonds. The van der Waals surface area contributed by atoms with Gasteiger partial charge in [0.05, 0.1) is 29.3 Å². The predicted octanol–water partition coefficient (Wildman–Crippen LogP) is 7.35. The fourth-order valence-corrected chi connectivity index (χ4v) is 8.19. The number of anilines is 1. The third-order valence-electron chi connectivity index (χ3n) is 10.8. The van der Waals surface area contributed by atoms with Crippen molar-refractivity contribution in [3.8, 4) is 0 Å². The van der Waals surface area contributed by atoms with Crippen molar-refractivity contribution in [2.45, 2.75) is 84.3 Å². The lowest BCUT2D eigenvalue weighted by Crippen LogP contribution is -2.56. The highest BCUT2D eigenvalue weighted by Crippen LogP contribution is 2.61. The number of nitrogens with one attached hydrogen (secondary N) is 1. The van der Waals surface area contributed by atoms with Gasteiger partial charge in [-0.05, 0) is 85.3 Å². The van der Waals surface area contributed by atoms with Gasteiger partial charge in [-0.1, -0.05) is 50.0 Å². The van der Waals surface area contributed by atoms with Gasteiger partial charge in [0, 0.05) is 35.2 Å². The van der Waals surface area contributed by atoms with Crippen LogP contribution in [0.4, 0.5) is 18.9 Å². The van der Waals surface area contributed by atoms with E-state index in [-0.39, 0.29) is 23.4 Å². The fourth-order valence-electron chi connectivity index (χ4n) is 7.69. The molecule has 2 heterocycles. The second kappa shape index (κ2) is 12.6. The van der Waals surface area contributed by atoms with Crippen LogP contribution in [0.15, 0.2) is 52.5 Å². The van der Waals surface area contributed by atoms with Crippen molar-refractivity contribution in [3.05, 3.63) is 68.7 Å². The number of aryl methyl sites for hydroxylation is 2. The number of halogens is 5. The van der Waals surface area contributed by atoms with Crippen LogP contribution in [-0.4, -0.2) is 57.3 Å². The Morgan fingerprint density at radius 2 is 1.91 bits per heavy atom. The summed E-state index contributed by atoms with van der Waals surface area (Å²) >= 11 is 12.3. The van der Waals surface area contributed by atoms with E-state index in [1.54, 1.807) is 41.8 Å². The number of likely N-dealkylation sites (tertiary alicyclic amines) is 1. The first-order valence-electron chi connectivity index (χ1n) is 16.0. The number of alkyl halides is 3. The molecule has 1 aromatic heterocycles. The minimum absolute atomic E-state index is 0.0261. The van der Waals surface area contributed by atoms with Gasteiger partial charge in [-0.2, -0.15) is 13.2 Å². The summed E-state index contributed by atoms with van der Waals surface area (Å²) in [5, 5.41) is 4.91. The lowest BCUT2D eigenvalue weighted by Gasteiger charge is -2.61. The smallest absolute Gasteiger partial charge is 0.453 e. The van der Waals surface area contributed by atoms with E-state index >= 15 is 0 Å². The quantitative estimate of drug-likeness (QED) is 0.165. The van der Waals surface area contributed by atoms with Crippen LogP contribution < -0.4 is 10.9 Å². The minimum atomic E-state index is -5.06. The molecular weight excluding hydrogens is 654 g/mol. The Labute approximate surface area is 281 Å². The molecule has 0 spiro atoms. The van der Waals surface area contributed by atoms with Gasteiger partial charge in [-0.15, -0.1) is 0 Å². The average molecular weight is 693 g/mol. The Morgan fingerprint density at radius 3 is 2.60 bits per heavy atom. The first-order chi connectivity index (χ1) is 22.1. The van der Waals surface area contributed by atoms with Gasteiger partial charge in [-0.3, -0.25) is 9.36 Å². The molecule has 2 bridgehead atoms. The standard InChI is InChI=1S/C34H38Cl2F3N5O3/c1-18-25-13-21(33(25,3)4)14-27(18)42-32(44-12-10-29(19(44)2)47-31(46)34(37,38)39)41-23-7-8-24-28(16-23)40-17-43(30(24)45)11-9-20-5-6-22(35)15-26(20)36/h5-8,15-19,21,25,27,29H,9-14H2,1-4H3,(H,41,42)/t18-,19-,21-,25-,27?,29+/m1/s1. The van der Waals surface area contributed by atoms with Crippen LogP contribution in [0, 0.1) is 23.2 Å². The molecule has 1 N–H and O–H groups in total. The van der Waals surface area contributed by atoms with E-state index in [2.05, 4.69) is 31.1 Å². The SMILES string of the molecule is C[C@@H]1[C@@H](OC(=O)C(F)(F)F)CCN1C(=NC1C[C@H]2C[C@H]([C@H]1C)C2(C)C)Nc1ccc2c(=O)n(CCc3ccc(Cl)cc3Cl)cnc2c1. The Balaban J connectivity index is 1.25. The third-order valence-corrected chi connectivity index (χ3v) is 11.4. The molecule has 1 unspecified atom stereocenters. The number of benzene rings is 2. The summed E-state index contributed by atoms with van der Waals surface area (Å²) < 4.78 is 45.4. The van der Waals surface area contributed by atoms with Gasteiger partial charge in [0.2, 0.25) is 0 Å². The zero-order chi connectivity index (χ0) is 33.8. The number of aliphatic imine (C=N–C) groups is 1. The van der Waals surface area contributed by atoms with Crippen LogP contribution in [0.5, 0.6) is 0 Å². The highest BCUT2D eigenvalue weighted by Gasteiger charge is 2.56. The van der Waals surface area contributed by atoms with Crippen molar-refractivity contribution in [1.82, 2.24) is 14.5 Å². The van der Waals surface area contributed by atoms with Crippen molar-refractivity contribution in [1.29, 1.82) is 0 Å². The van der Waals surface area contributed by atoms with E-state index in [1.165, 1.54) is 12.7 Å². The average Bonchev–Trinajstić information content (AvgIpc) is 3.36. The van der Waals surface area contributed by atoms with Crippen LogP contribution >= 0.6 is 23.2 Å². The van der Waals surface area contributed by atoms with E-state index in [9.17, 15) is 22.8 Å². The van der Waals surface area contributed by atoms with Crippen molar-refractivity contribution >= 4 is 51.7 Å². The first-order valence-corrected chi connectivity index (χ1v) is 16.7. The molecule has 6 atom stereocenters. The minimum Gasteiger partial charge on any atom is -0.453 e. The van der Waals surface area contributed by atoms with Gasteiger partial charge >= 0.3 is 12.1 Å². The van der Waals surface area contributed by atoms with Crippen LogP contribution in [0.3, 0.4) is 0 Å². The van der Waals surface area contributed by atoms with Gasteiger partial charge in [-0.25, -0.2) is 14.8 Å². The highest BCUT2D eigenvalue weighted by atomic mass is 35.5. The molecule has 4 aliphatic rings. The maximum Gasteiger partial charge on any atom is 0.490 e. The number of esters is 1. The molecule has 8 nitrogen and oxygen atoms in total. The summed E-state index contributed by atoms with van der Waals surface area (Å²) in [6.45, 7) is 9.33. The van der Waals surface area contributed by atoms with Crippen molar-refractivity contribution in [2.75, 3.05) is 11.9 Å². The number of rotatable bonds is 6. The molecule has 7 rings (SSSR count). The van der Waals surface area contributed by atoms with Crippen LogP contribution in [0.2, 0.25) is 10.0 Å². The number of guanidine groups is 1. The zero-order valence-electron chi connectivity index (χ0n) is 26.7. The summed E-state index contributed by atoms with van der Waals surface area (Å²) in [6, 6.07) is 9.99. The van der Waals surface area contributed by atoms with E-state index < -0.39 is 24.3 Å². The molecule has 47 heavy (non-hydrogen) atoms. The molecule has 3 aliphatic carbocycles. The van der Waals surface area contributed by atoms with Gasteiger partial charge in [0.1, 0.15) is 6.10 Å². The summed E-state index contributed by atoms with van der Waals surface area (Å²) in [6.07, 6.45) is -1.63. The van der Waals surface area contributed by atoms with E-state index in [0.717, 1.165) is 12.0 Å². The lowest BCUT2D eigenvalue weighted by atomic mass is 9.45. The van der Waals surface area contributed by atoms with Gasteiger partial charge < -0.3 is 15.0 Å². The number of hydrogen-bond acceptors (Lipinski definition) is 5. The second-order valence-corrected chi connectivity index (χ2v) is 14.6. The number of nitrogens with zero attached hydrogens (tertiary/aromatic N) is 4. The van der Waals surface area contributed by atoms with E-state index in [0.29, 0.717) is 69.9 Å². The van der Waals surface area contributed by atoms with Crippen molar-refractivity contribution in [2.24, 2.45) is 28.2 Å². The van der Waals surface area contributed by atoms with E-state index in [1.807, 2.05) is 11.0 Å². The molecular formula is C34H38Cl2F3N5O3. The summed E-state index contributed by atoms with van der Waals surface area (Å²) in [7, 11) is 0. The zero-order valence-corrected chi connectivity index (χ0v) is 28.2. The molecule has 252 valence electrons. The monoisotopic (exact) mass is 691 g/mol. The van der Waals surface area contributed by atoms with Crippen LogP contribution in [-0.2, 0) is 22.5 Å². The summed E-state index contributed by atoms with van der Waals surface area (Å²) in [5.74, 6) is -0.267. The maximum absolute atomic E-state index is 13.4. The van der Waals surface area contributed by atoms with Gasteiger partial charge in [0.25, 0.3) is 5.56 Å². The lowest BCUT2D eigenvalue weighted by molar-refractivity contribution is -0.205. The molecule has 4 fully saturated rings. The first kappa shape index (κ1) is 33.6. The summed E-state index contributed by atoms with van der Waals surface area (Å²) in [4.78, 5) is 36.6. The van der Waals surface area contributed by atoms with E-state index in [4.69, 9.17) is 32.9 Å². The largest absolute Gasteiger partial charge is 0.490 e. The fraction of sp³-hybridized carbons (Fsp3) is 0.529.